The monoisotopic (exact) mass is 229 g/mol. The molecule has 0 aromatic carbocycles. The van der Waals surface area contributed by atoms with E-state index in [1.54, 1.807) is 7.11 Å². The number of methoxy groups -OCH3 is 1. The number of carbonyl (C=O) groups is 1. The molecule has 2 unspecified atom stereocenters. The van der Waals surface area contributed by atoms with Crippen LogP contribution in [0.15, 0.2) is 0 Å². The van der Waals surface area contributed by atoms with E-state index in [2.05, 4.69) is 18.7 Å². The zero-order chi connectivity index (χ0) is 12.0. The first kappa shape index (κ1) is 13.6. The molecule has 94 valence electrons. The van der Waals surface area contributed by atoms with Crippen molar-refractivity contribution in [2.24, 2.45) is 5.92 Å². The van der Waals surface area contributed by atoms with Gasteiger partial charge in [-0.3, -0.25) is 9.69 Å². The topological polar surface area (TPSA) is 38.8 Å². The van der Waals surface area contributed by atoms with Gasteiger partial charge in [-0.25, -0.2) is 0 Å². The molecule has 1 rings (SSSR count). The maximum atomic E-state index is 11.7. The number of ether oxygens (including phenoxy) is 2. The van der Waals surface area contributed by atoms with Crippen molar-refractivity contribution >= 4 is 5.78 Å². The Balaban J connectivity index is 2.44. The molecule has 0 amide bonds. The standard InChI is InChI=1S/C12H23NO3/c1-4-13(10(2)8-15-3)7-11-9-16-6-5-12(11)14/h10-11H,4-9H2,1-3H3. The SMILES string of the molecule is CCN(CC1COCCC1=O)C(C)COC. The summed E-state index contributed by atoms with van der Waals surface area (Å²) in [7, 11) is 1.71. The first-order valence-electron chi connectivity index (χ1n) is 6.02. The molecule has 16 heavy (non-hydrogen) atoms. The first-order chi connectivity index (χ1) is 7.69. The second-order valence-electron chi connectivity index (χ2n) is 4.38. The fourth-order valence-electron chi connectivity index (χ4n) is 2.10. The summed E-state index contributed by atoms with van der Waals surface area (Å²) in [6.45, 7) is 7.84. The van der Waals surface area contributed by atoms with Gasteiger partial charge in [0.25, 0.3) is 0 Å². The number of likely N-dealkylation sites (N-methyl/N-ethyl adjacent to an activating group) is 1. The van der Waals surface area contributed by atoms with Crippen LogP contribution in [0.4, 0.5) is 0 Å². The maximum absolute atomic E-state index is 11.7. The van der Waals surface area contributed by atoms with Crippen LogP contribution in [0.1, 0.15) is 20.3 Å². The highest BCUT2D eigenvalue weighted by molar-refractivity contribution is 5.82. The summed E-state index contributed by atoms with van der Waals surface area (Å²) in [6.07, 6.45) is 0.570. The minimum absolute atomic E-state index is 0.0491. The van der Waals surface area contributed by atoms with Gasteiger partial charge in [-0.15, -0.1) is 0 Å². The largest absolute Gasteiger partial charge is 0.383 e. The molecule has 0 spiro atoms. The number of nitrogens with zero attached hydrogens (tertiary/aromatic N) is 1. The van der Waals surface area contributed by atoms with E-state index in [4.69, 9.17) is 9.47 Å². The molecule has 1 heterocycles. The normalized spacial score (nSPS) is 23.8. The minimum Gasteiger partial charge on any atom is -0.383 e. The van der Waals surface area contributed by atoms with Crippen LogP contribution in [0.25, 0.3) is 0 Å². The Labute approximate surface area is 97.9 Å². The first-order valence-corrected chi connectivity index (χ1v) is 6.02. The fourth-order valence-corrected chi connectivity index (χ4v) is 2.10. The number of hydrogen-bond acceptors (Lipinski definition) is 4. The van der Waals surface area contributed by atoms with Crippen LogP contribution in [0.2, 0.25) is 0 Å². The zero-order valence-corrected chi connectivity index (χ0v) is 10.6. The summed E-state index contributed by atoms with van der Waals surface area (Å²) < 4.78 is 10.5. The number of rotatable bonds is 6. The third-order valence-corrected chi connectivity index (χ3v) is 3.16. The van der Waals surface area contributed by atoms with E-state index >= 15 is 0 Å². The van der Waals surface area contributed by atoms with Crippen molar-refractivity contribution in [1.82, 2.24) is 4.90 Å². The van der Waals surface area contributed by atoms with Gasteiger partial charge in [0.2, 0.25) is 0 Å². The van der Waals surface area contributed by atoms with Crippen molar-refractivity contribution in [3.63, 3.8) is 0 Å². The van der Waals surface area contributed by atoms with Crippen LogP contribution in [-0.4, -0.2) is 56.7 Å². The molecule has 1 fully saturated rings. The van der Waals surface area contributed by atoms with Crippen molar-refractivity contribution in [3.8, 4) is 0 Å². The fraction of sp³-hybridized carbons (Fsp3) is 0.917. The molecule has 4 nitrogen and oxygen atoms in total. The molecule has 0 aromatic heterocycles. The van der Waals surface area contributed by atoms with Gasteiger partial charge >= 0.3 is 0 Å². The van der Waals surface area contributed by atoms with Crippen LogP contribution in [0, 0.1) is 5.92 Å². The summed E-state index contributed by atoms with van der Waals surface area (Å²) in [6, 6.07) is 0.352. The lowest BCUT2D eigenvalue weighted by atomic mass is 9.99. The molecule has 0 saturated carbocycles. The van der Waals surface area contributed by atoms with Crippen molar-refractivity contribution in [2.75, 3.05) is 40.0 Å². The predicted molar refractivity (Wildman–Crippen MR) is 62.5 cm³/mol. The molecule has 4 heteroatoms. The van der Waals surface area contributed by atoms with Crippen LogP contribution in [-0.2, 0) is 14.3 Å². The zero-order valence-electron chi connectivity index (χ0n) is 10.6. The van der Waals surface area contributed by atoms with Gasteiger partial charge < -0.3 is 9.47 Å². The molecular formula is C12H23NO3. The molecule has 0 aromatic rings. The van der Waals surface area contributed by atoms with E-state index in [9.17, 15) is 4.79 Å². The highest BCUT2D eigenvalue weighted by Crippen LogP contribution is 2.13. The summed E-state index contributed by atoms with van der Waals surface area (Å²) in [4.78, 5) is 14.0. The second-order valence-corrected chi connectivity index (χ2v) is 4.38. The molecule has 1 aliphatic heterocycles. The third kappa shape index (κ3) is 3.85. The Morgan fingerprint density at radius 1 is 1.62 bits per heavy atom. The number of ketones is 1. The van der Waals surface area contributed by atoms with Gasteiger partial charge in [0, 0.05) is 26.1 Å². The van der Waals surface area contributed by atoms with E-state index < -0.39 is 0 Å². The molecular weight excluding hydrogens is 206 g/mol. The summed E-state index contributed by atoms with van der Waals surface area (Å²) in [5.41, 5.74) is 0. The number of Topliss-reactive ketones (excluding diaryl/α,β-unsaturated/α-hetero) is 1. The van der Waals surface area contributed by atoms with Crippen molar-refractivity contribution in [1.29, 1.82) is 0 Å². The third-order valence-electron chi connectivity index (χ3n) is 3.16. The predicted octanol–water partition coefficient (Wildman–Crippen LogP) is 0.949. The Bertz CT molecular complexity index is 220. The molecule has 1 aliphatic rings. The average Bonchev–Trinajstić information content (AvgIpc) is 2.28. The summed E-state index contributed by atoms with van der Waals surface area (Å²) in [5.74, 6) is 0.391. The van der Waals surface area contributed by atoms with E-state index in [0.29, 0.717) is 38.1 Å². The Morgan fingerprint density at radius 3 is 2.94 bits per heavy atom. The molecule has 1 saturated heterocycles. The Kier molecular flexibility index (Phi) is 5.95. The summed E-state index contributed by atoms with van der Waals surface area (Å²) in [5, 5.41) is 0. The smallest absolute Gasteiger partial charge is 0.141 e. The van der Waals surface area contributed by atoms with E-state index in [1.807, 2.05) is 0 Å². The molecule has 2 atom stereocenters. The van der Waals surface area contributed by atoms with Gasteiger partial charge in [-0.05, 0) is 13.5 Å². The van der Waals surface area contributed by atoms with Gasteiger partial charge in [-0.1, -0.05) is 6.92 Å². The molecule has 0 bridgehead atoms. The lowest BCUT2D eigenvalue weighted by Crippen LogP contribution is -2.43. The number of carbonyl (C=O) groups excluding carboxylic acids is 1. The minimum atomic E-state index is 0.0491. The van der Waals surface area contributed by atoms with Crippen LogP contribution >= 0.6 is 0 Å². The van der Waals surface area contributed by atoms with Gasteiger partial charge in [-0.2, -0.15) is 0 Å². The van der Waals surface area contributed by atoms with E-state index in [0.717, 1.165) is 13.1 Å². The van der Waals surface area contributed by atoms with Crippen molar-refractivity contribution in [2.45, 2.75) is 26.3 Å². The van der Waals surface area contributed by atoms with Gasteiger partial charge in [0.15, 0.2) is 0 Å². The quantitative estimate of drug-likeness (QED) is 0.680. The van der Waals surface area contributed by atoms with Crippen LogP contribution < -0.4 is 0 Å². The molecule has 0 radical (unpaired) electrons. The molecule has 0 aliphatic carbocycles. The molecule has 0 N–H and O–H groups in total. The Morgan fingerprint density at radius 2 is 2.38 bits per heavy atom. The van der Waals surface area contributed by atoms with Crippen LogP contribution in [0.3, 0.4) is 0 Å². The van der Waals surface area contributed by atoms with E-state index in [-0.39, 0.29) is 5.92 Å². The van der Waals surface area contributed by atoms with Crippen LogP contribution in [0.5, 0.6) is 0 Å². The van der Waals surface area contributed by atoms with Gasteiger partial charge in [0.05, 0.1) is 25.7 Å². The van der Waals surface area contributed by atoms with Crippen molar-refractivity contribution in [3.05, 3.63) is 0 Å². The lowest BCUT2D eigenvalue weighted by molar-refractivity contribution is -0.131. The van der Waals surface area contributed by atoms with Gasteiger partial charge in [0.1, 0.15) is 5.78 Å². The Hall–Kier alpha value is -0.450. The maximum Gasteiger partial charge on any atom is 0.141 e. The number of hydrogen-bond donors (Lipinski definition) is 0. The highest BCUT2D eigenvalue weighted by Gasteiger charge is 2.26. The summed E-state index contributed by atoms with van der Waals surface area (Å²) >= 11 is 0. The average molecular weight is 229 g/mol. The highest BCUT2D eigenvalue weighted by atomic mass is 16.5. The lowest BCUT2D eigenvalue weighted by Gasteiger charge is -2.32. The van der Waals surface area contributed by atoms with E-state index in [1.165, 1.54) is 0 Å². The second kappa shape index (κ2) is 6.99. The van der Waals surface area contributed by atoms with Crippen molar-refractivity contribution < 1.29 is 14.3 Å².